The van der Waals surface area contributed by atoms with Gasteiger partial charge in [0.05, 0.1) is 0 Å². The van der Waals surface area contributed by atoms with Crippen LogP contribution < -0.4 is 0 Å². The van der Waals surface area contributed by atoms with Gasteiger partial charge in [0.2, 0.25) is 5.91 Å². The largest absolute Gasteiger partial charge is 0.400 e. The number of ketones is 1. The summed E-state index contributed by atoms with van der Waals surface area (Å²) in [6.07, 6.45) is 1.67. The van der Waals surface area contributed by atoms with Gasteiger partial charge in [0, 0.05) is 50.1 Å². The van der Waals surface area contributed by atoms with Crippen LogP contribution in [0.4, 0.5) is 9.18 Å². The molecule has 2 amide bonds. The first-order valence-electron chi connectivity index (χ1n) is 10.9. The van der Waals surface area contributed by atoms with Crippen LogP contribution in [0.3, 0.4) is 0 Å². The van der Waals surface area contributed by atoms with Gasteiger partial charge in [-0.3, -0.25) is 9.59 Å². The van der Waals surface area contributed by atoms with Crippen LogP contribution in [0.2, 0.25) is 5.02 Å². The SMILES string of the molecule is CN(CCCc1ccc(Cl)cc1)C(=O)CCC(=O)c1ccc2c(c1)CCN(C(=O)F)CC2. The summed E-state index contributed by atoms with van der Waals surface area (Å²) >= 11 is 5.89. The van der Waals surface area contributed by atoms with E-state index in [-0.39, 0.29) is 24.5 Å². The molecule has 0 aromatic heterocycles. The van der Waals surface area contributed by atoms with Crippen LogP contribution in [0.25, 0.3) is 0 Å². The summed E-state index contributed by atoms with van der Waals surface area (Å²) in [5, 5.41) is 0.706. The summed E-state index contributed by atoms with van der Waals surface area (Å²) in [6, 6.07) is 13.1. The van der Waals surface area contributed by atoms with E-state index in [0.717, 1.165) is 24.0 Å². The molecule has 0 radical (unpaired) electrons. The van der Waals surface area contributed by atoms with Crippen molar-refractivity contribution in [3.63, 3.8) is 0 Å². The van der Waals surface area contributed by atoms with Crippen molar-refractivity contribution >= 4 is 29.5 Å². The van der Waals surface area contributed by atoms with Crippen LogP contribution >= 0.6 is 11.6 Å². The number of rotatable bonds is 8. The van der Waals surface area contributed by atoms with Crippen molar-refractivity contribution in [2.24, 2.45) is 0 Å². The standard InChI is InChI=1S/C25H28ClFN2O3/c1-28(14-2-3-18-4-8-22(26)9-5-18)24(31)11-10-23(30)21-7-6-19-12-15-29(25(27)32)16-13-20(19)17-21/h4-9,17H,2-3,10-16H2,1H3. The third-order valence-electron chi connectivity index (χ3n) is 5.94. The molecule has 32 heavy (non-hydrogen) atoms. The van der Waals surface area contributed by atoms with Crippen molar-refractivity contribution in [3.05, 3.63) is 69.7 Å². The van der Waals surface area contributed by atoms with Gasteiger partial charge in [-0.05, 0) is 60.6 Å². The first-order chi connectivity index (χ1) is 15.3. The number of carbonyl (C=O) groups excluding carboxylic acids is 3. The lowest BCUT2D eigenvalue weighted by Gasteiger charge is -2.17. The molecule has 0 spiro atoms. The molecule has 0 saturated heterocycles. The maximum atomic E-state index is 13.0. The van der Waals surface area contributed by atoms with Gasteiger partial charge < -0.3 is 9.80 Å². The Hall–Kier alpha value is -2.73. The maximum absolute atomic E-state index is 13.0. The fraction of sp³-hybridized carbons (Fsp3) is 0.400. The van der Waals surface area contributed by atoms with E-state index >= 15 is 0 Å². The predicted octanol–water partition coefficient (Wildman–Crippen LogP) is 4.88. The number of Topliss-reactive ketones (excluding diaryl/α,β-unsaturated/α-hetero) is 1. The zero-order valence-corrected chi connectivity index (χ0v) is 19.0. The van der Waals surface area contributed by atoms with Crippen LogP contribution in [0.15, 0.2) is 42.5 Å². The number of aryl methyl sites for hydroxylation is 1. The highest BCUT2D eigenvalue weighted by Gasteiger charge is 2.19. The normalized spacial score (nSPS) is 13.3. The molecule has 1 aliphatic heterocycles. The topological polar surface area (TPSA) is 57.7 Å². The molecule has 0 fully saturated rings. The second-order valence-electron chi connectivity index (χ2n) is 8.19. The van der Waals surface area contributed by atoms with Gasteiger partial charge in [0.15, 0.2) is 5.78 Å². The zero-order chi connectivity index (χ0) is 23.1. The number of benzene rings is 2. The van der Waals surface area contributed by atoms with Gasteiger partial charge in [0.1, 0.15) is 0 Å². The molecule has 170 valence electrons. The smallest absolute Gasteiger partial charge is 0.346 e. The summed E-state index contributed by atoms with van der Waals surface area (Å²) in [7, 11) is 1.76. The molecule has 1 aliphatic rings. The Morgan fingerprint density at radius 2 is 1.69 bits per heavy atom. The highest BCUT2D eigenvalue weighted by Crippen LogP contribution is 2.20. The molecule has 2 aromatic rings. The molecule has 7 heteroatoms. The maximum Gasteiger partial charge on any atom is 0.400 e. The van der Waals surface area contributed by atoms with Gasteiger partial charge >= 0.3 is 6.16 Å². The van der Waals surface area contributed by atoms with Crippen LogP contribution in [-0.4, -0.2) is 54.3 Å². The molecule has 0 N–H and O–H groups in total. The average Bonchev–Trinajstić information content (AvgIpc) is 3.00. The highest BCUT2D eigenvalue weighted by molar-refractivity contribution is 6.30. The van der Waals surface area contributed by atoms with Crippen molar-refractivity contribution in [2.75, 3.05) is 26.7 Å². The number of nitrogens with zero attached hydrogens (tertiary/aromatic N) is 2. The molecule has 0 atom stereocenters. The summed E-state index contributed by atoms with van der Waals surface area (Å²) in [5.41, 5.74) is 3.72. The monoisotopic (exact) mass is 458 g/mol. The van der Waals surface area contributed by atoms with E-state index in [1.807, 2.05) is 36.4 Å². The van der Waals surface area contributed by atoms with E-state index in [2.05, 4.69) is 0 Å². The summed E-state index contributed by atoms with van der Waals surface area (Å²) in [4.78, 5) is 38.9. The van der Waals surface area contributed by atoms with E-state index in [0.29, 0.717) is 43.1 Å². The van der Waals surface area contributed by atoms with Crippen molar-refractivity contribution in [1.29, 1.82) is 0 Å². The van der Waals surface area contributed by atoms with E-state index in [1.54, 1.807) is 18.0 Å². The van der Waals surface area contributed by atoms with Gasteiger partial charge in [-0.2, -0.15) is 0 Å². The Morgan fingerprint density at radius 1 is 1.00 bits per heavy atom. The average molecular weight is 459 g/mol. The van der Waals surface area contributed by atoms with Gasteiger partial charge in [0.25, 0.3) is 0 Å². The minimum atomic E-state index is -1.41. The summed E-state index contributed by atoms with van der Waals surface area (Å²) in [6.45, 7) is 1.27. The Morgan fingerprint density at radius 3 is 2.38 bits per heavy atom. The summed E-state index contributed by atoms with van der Waals surface area (Å²) in [5.74, 6) is -0.139. The fourth-order valence-corrected chi connectivity index (χ4v) is 4.05. The summed E-state index contributed by atoms with van der Waals surface area (Å²) < 4.78 is 13.0. The van der Waals surface area contributed by atoms with E-state index in [1.165, 1.54) is 10.5 Å². The first-order valence-corrected chi connectivity index (χ1v) is 11.3. The molecule has 0 unspecified atom stereocenters. The van der Waals surface area contributed by atoms with Crippen molar-refractivity contribution in [2.45, 2.75) is 38.5 Å². The van der Waals surface area contributed by atoms with Crippen molar-refractivity contribution < 1.29 is 18.8 Å². The van der Waals surface area contributed by atoms with Gasteiger partial charge in [-0.1, -0.05) is 35.9 Å². The molecular formula is C25H28ClFN2O3. The molecule has 5 nitrogen and oxygen atoms in total. The van der Waals surface area contributed by atoms with E-state index < -0.39 is 6.16 Å². The van der Waals surface area contributed by atoms with Gasteiger partial charge in [-0.25, -0.2) is 4.79 Å². The van der Waals surface area contributed by atoms with E-state index in [4.69, 9.17) is 11.6 Å². The van der Waals surface area contributed by atoms with Crippen LogP contribution in [0, 0.1) is 0 Å². The third kappa shape index (κ3) is 6.63. The molecular weight excluding hydrogens is 431 g/mol. The number of fused-ring (bicyclic) bond motifs is 1. The van der Waals surface area contributed by atoms with Crippen LogP contribution in [-0.2, 0) is 24.1 Å². The Bertz CT molecular complexity index is 978. The lowest BCUT2D eigenvalue weighted by Crippen LogP contribution is -2.29. The Labute approximate surface area is 193 Å². The molecule has 1 heterocycles. The lowest BCUT2D eigenvalue weighted by atomic mass is 9.97. The quantitative estimate of drug-likeness (QED) is 0.321. The number of halogens is 2. The number of carbonyl (C=O) groups is 3. The molecule has 2 aromatic carbocycles. The minimum absolute atomic E-state index is 0.0543. The van der Waals surface area contributed by atoms with E-state index in [9.17, 15) is 18.8 Å². The molecule has 0 aliphatic carbocycles. The minimum Gasteiger partial charge on any atom is -0.346 e. The fourth-order valence-electron chi connectivity index (χ4n) is 3.93. The third-order valence-corrected chi connectivity index (χ3v) is 6.19. The second-order valence-corrected chi connectivity index (χ2v) is 8.63. The number of hydrogen-bond acceptors (Lipinski definition) is 3. The Balaban J connectivity index is 1.46. The predicted molar refractivity (Wildman–Crippen MR) is 123 cm³/mol. The molecule has 0 bridgehead atoms. The number of hydrogen-bond donors (Lipinski definition) is 0. The first kappa shape index (κ1) is 23.9. The van der Waals surface area contributed by atoms with Crippen LogP contribution in [0.5, 0.6) is 0 Å². The molecule has 0 saturated carbocycles. The van der Waals surface area contributed by atoms with Crippen molar-refractivity contribution in [3.8, 4) is 0 Å². The number of amides is 2. The van der Waals surface area contributed by atoms with Crippen molar-refractivity contribution in [1.82, 2.24) is 9.80 Å². The van der Waals surface area contributed by atoms with Gasteiger partial charge in [-0.15, -0.1) is 4.39 Å². The lowest BCUT2D eigenvalue weighted by molar-refractivity contribution is -0.129. The molecule has 3 rings (SSSR count). The zero-order valence-electron chi connectivity index (χ0n) is 18.3. The van der Waals surface area contributed by atoms with Crippen LogP contribution in [0.1, 0.15) is 46.3 Å². The highest BCUT2D eigenvalue weighted by atomic mass is 35.5. The Kier molecular flexibility index (Phi) is 8.39. The second kappa shape index (κ2) is 11.2.